The minimum atomic E-state index is -1.62. The molecular formula is C21H15Cl3N2O7. The highest BCUT2D eigenvalue weighted by Gasteiger charge is 2.27. The molecule has 0 saturated carbocycles. The van der Waals surface area contributed by atoms with Gasteiger partial charge in [-0.1, -0.05) is 40.9 Å². The van der Waals surface area contributed by atoms with Gasteiger partial charge in [0.05, 0.1) is 17.2 Å². The van der Waals surface area contributed by atoms with Gasteiger partial charge in [0.2, 0.25) is 0 Å². The van der Waals surface area contributed by atoms with Crippen molar-refractivity contribution in [2.24, 2.45) is 0 Å². The van der Waals surface area contributed by atoms with Crippen LogP contribution in [0.15, 0.2) is 35.1 Å². The fourth-order valence-electron chi connectivity index (χ4n) is 3.20. The second-order valence-corrected chi connectivity index (χ2v) is 7.87. The van der Waals surface area contributed by atoms with Gasteiger partial charge in [0.25, 0.3) is 5.56 Å². The summed E-state index contributed by atoms with van der Waals surface area (Å²) in [6.45, 7) is -0.151. The lowest BCUT2D eigenvalue weighted by Crippen LogP contribution is -2.24. The topological polar surface area (TPSA) is 152 Å². The van der Waals surface area contributed by atoms with Crippen LogP contribution in [0.25, 0.3) is 11.1 Å². The van der Waals surface area contributed by atoms with E-state index in [1.54, 1.807) is 0 Å². The van der Waals surface area contributed by atoms with Crippen LogP contribution >= 0.6 is 34.8 Å². The van der Waals surface area contributed by atoms with Gasteiger partial charge in [0.15, 0.2) is 5.75 Å². The van der Waals surface area contributed by atoms with Gasteiger partial charge in [0, 0.05) is 16.1 Å². The Bertz CT molecular complexity index is 1320. The first kappa shape index (κ1) is 24.2. The number of hydrogen-bond donors (Lipinski definition) is 4. The molecule has 1 aromatic heterocycles. The van der Waals surface area contributed by atoms with Crippen molar-refractivity contribution in [2.75, 3.05) is 12.8 Å². The summed E-state index contributed by atoms with van der Waals surface area (Å²) in [6.07, 6.45) is 0. The normalized spacial score (nSPS) is 10.7. The standard InChI is InChI=1S/C21H15Cl3N2O7/c1-32-13-3-2-8(4-9(13)7-33-17-11(23)5-10(22)6-12(17)24)14-15(20(28)29)18(25)26-19(27)16(14)21(30)31/h2-6H,7H2,1H3,(H,28,29)(H,30,31)(H3,25,26,27). The zero-order valence-corrected chi connectivity index (χ0v) is 19.0. The minimum Gasteiger partial charge on any atom is -0.496 e. The Morgan fingerprint density at radius 3 is 2.18 bits per heavy atom. The van der Waals surface area contributed by atoms with Crippen LogP contribution in [-0.2, 0) is 6.61 Å². The largest absolute Gasteiger partial charge is 0.496 e. The number of nitrogens with one attached hydrogen (secondary N) is 1. The number of nitrogens with two attached hydrogens (primary N) is 1. The lowest BCUT2D eigenvalue weighted by Gasteiger charge is -2.16. The molecule has 0 amide bonds. The van der Waals surface area contributed by atoms with E-state index in [9.17, 15) is 24.6 Å². The molecule has 2 aromatic carbocycles. The number of benzene rings is 2. The summed E-state index contributed by atoms with van der Waals surface area (Å²) in [4.78, 5) is 37.9. The van der Waals surface area contributed by atoms with Crippen LogP contribution in [0.5, 0.6) is 11.5 Å². The number of hydrogen-bond acceptors (Lipinski definition) is 6. The lowest BCUT2D eigenvalue weighted by atomic mass is 9.94. The van der Waals surface area contributed by atoms with Crippen molar-refractivity contribution in [3.05, 3.63) is 72.4 Å². The van der Waals surface area contributed by atoms with Crippen LogP contribution in [0.3, 0.4) is 0 Å². The third-order valence-corrected chi connectivity index (χ3v) is 5.36. The maximum absolute atomic E-state index is 12.3. The summed E-state index contributed by atoms with van der Waals surface area (Å²) in [6, 6.07) is 7.17. The number of nitrogen functional groups attached to an aromatic ring is 1. The van der Waals surface area contributed by atoms with Gasteiger partial charge in [-0.15, -0.1) is 0 Å². The first-order valence-electron chi connectivity index (χ1n) is 9.02. The Morgan fingerprint density at radius 1 is 1.03 bits per heavy atom. The third kappa shape index (κ3) is 4.85. The van der Waals surface area contributed by atoms with Gasteiger partial charge >= 0.3 is 11.9 Å². The van der Waals surface area contributed by atoms with E-state index in [2.05, 4.69) is 4.98 Å². The molecule has 0 unspecified atom stereocenters. The predicted octanol–water partition coefficient (Wildman–Crippen LogP) is 4.57. The van der Waals surface area contributed by atoms with E-state index in [0.29, 0.717) is 16.3 Å². The molecule has 0 saturated heterocycles. The molecular weight excluding hydrogens is 499 g/mol. The summed E-state index contributed by atoms with van der Waals surface area (Å²) in [7, 11) is 1.40. The number of H-pyrrole nitrogens is 1. The Morgan fingerprint density at radius 2 is 1.64 bits per heavy atom. The van der Waals surface area contributed by atoms with Crippen molar-refractivity contribution in [1.29, 1.82) is 0 Å². The average molecular weight is 514 g/mol. The Balaban J connectivity index is 2.17. The first-order valence-corrected chi connectivity index (χ1v) is 10.2. The van der Waals surface area contributed by atoms with E-state index < -0.39 is 34.4 Å². The Kier molecular flexibility index (Phi) is 7.06. The van der Waals surface area contributed by atoms with Crippen LogP contribution in [-0.4, -0.2) is 34.2 Å². The molecule has 12 heteroatoms. The highest BCUT2D eigenvalue weighted by atomic mass is 35.5. The molecule has 0 bridgehead atoms. The number of aromatic amines is 1. The molecule has 5 N–H and O–H groups in total. The number of aromatic nitrogens is 1. The van der Waals surface area contributed by atoms with Crippen molar-refractivity contribution >= 4 is 52.6 Å². The second-order valence-electron chi connectivity index (χ2n) is 6.62. The van der Waals surface area contributed by atoms with Crippen LogP contribution in [0.2, 0.25) is 15.1 Å². The summed E-state index contributed by atoms with van der Waals surface area (Å²) >= 11 is 18.2. The SMILES string of the molecule is COc1ccc(-c2c(C(=O)O)c(N)[nH]c(=O)c2C(=O)O)cc1COc1c(Cl)cc(Cl)cc1Cl. The van der Waals surface area contributed by atoms with E-state index >= 15 is 0 Å². The molecule has 0 spiro atoms. The van der Waals surface area contributed by atoms with Crippen molar-refractivity contribution < 1.29 is 29.3 Å². The van der Waals surface area contributed by atoms with Crippen molar-refractivity contribution in [3.63, 3.8) is 0 Å². The summed E-state index contributed by atoms with van der Waals surface area (Å²) in [5, 5.41) is 19.8. The number of anilines is 1. The third-order valence-electron chi connectivity index (χ3n) is 4.58. The molecule has 0 atom stereocenters. The van der Waals surface area contributed by atoms with Crippen molar-refractivity contribution in [2.45, 2.75) is 6.61 Å². The van der Waals surface area contributed by atoms with E-state index in [0.717, 1.165) is 0 Å². The summed E-state index contributed by atoms with van der Waals surface area (Å²) in [5.41, 5.74) is 3.41. The molecule has 1 heterocycles. The summed E-state index contributed by atoms with van der Waals surface area (Å²) < 4.78 is 11.0. The highest BCUT2D eigenvalue weighted by Crippen LogP contribution is 2.38. The molecule has 0 radical (unpaired) electrons. The molecule has 0 aliphatic heterocycles. The van der Waals surface area contributed by atoms with Crippen LogP contribution < -0.4 is 20.8 Å². The monoisotopic (exact) mass is 512 g/mol. The predicted molar refractivity (Wildman–Crippen MR) is 123 cm³/mol. The minimum absolute atomic E-state index is 0.0929. The van der Waals surface area contributed by atoms with Crippen LogP contribution in [0.1, 0.15) is 26.3 Å². The Labute approximate surface area is 201 Å². The smallest absolute Gasteiger partial charge is 0.342 e. The summed E-state index contributed by atoms with van der Waals surface area (Å²) in [5.74, 6) is -3.14. The molecule has 0 fully saturated rings. The fourth-order valence-corrected chi connectivity index (χ4v) is 4.13. The molecule has 172 valence electrons. The average Bonchev–Trinajstić information content (AvgIpc) is 2.71. The molecule has 33 heavy (non-hydrogen) atoms. The maximum atomic E-state index is 12.3. The van der Waals surface area contributed by atoms with E-state index in [-0.39, 0.29) is 33.5 Å². The highest BCUT2D eigenvalue weighted by molar-refractivity contribution is 6.40. The zero-order chi connectivity index (χ0) is 24.4. The number of halogens is 3. The lowest BCUT2D eigenvalue weighted by molar-refractivity contribution is 0.0695. The quantitative estimate of drug-likeness (QED) is 0.358. The maximum Gasteiger partial charge on any atom is 0.342 e. The number of pyridine rings is 1. The van der Waals surface area contributed by atoms with Gasteiger partial charge in [-0.2, -0.15) is 0 Å². The molecule has 0 aliphatic carbocycles. The number of aromatic carboxylic acids is 2. The molecule has 3 rings (SSSR count). The van der Waals surface area contributed by atoms with Gasteiger partial charge in [-0.3, -0.25) is 4.79 Å². The van der Waals surface area contributed by atoms with E-state index in [1.807, 2.05) is 0 Å². The first-order chi connectivity index (χ1) is 15.5. The number of carbonyl (C=O) groups is 2. The number of carboxylic acid groups (broad SMARTS) is 2. The Hall–Kier alpha value is -3.40. The van der Waals surface area contributed by atoms with E-state index in [1.165, 1.54) is 37.4 Å². The van der Waals surface area contributed by atoms with Gasteiger partial charge in [0.1, 0.15) is 29.3 Å². The molecule has 9 nitrogen and oxygen atoms in total. The number of rotatable bonds is 7. The number of methoxy groups -OCH3 is 1. The van der Waals surface area contributed by atoms with Crippen LogP contribution in [0, 0.1) is 0 Å². The van der Waals surface area contributed by atoms with Gasteiger partial charge in [-0.25, -0.2) is 9.59 Å². The van der Waals surface area contributed by atoms with Gasteiger partial charge in [-0.05, 0) is 29.8 Å². The van der Waals surface area contributed by atoms with Crippen molar-refractivity contribution in [3.8, 4) is 22.6 Å². The number of ether oxygens (including phenoxy) is 2. The van der Waals surface area contributed by atoms with Crippen LogP contribution in [0.4, 0.5) is 5.82 Å². The zero-order valence-electron chi connectivity index (χ0n) is 16.7. The number of carboxylic acids is 2. The van der Waals surface area contributed by atoms with Gasteiger partial charge < -0.3 is 30.4 Å². The second kappa shape index (κ2) is 9.62. The van der Waals surface area contributed by atoms with E-state index in [4.69, 9.17) is 50.0 Å². The van der Waals surface area contributed by atoms with Crippen molar-refractivity contribution in [1.82, 2.24) is 4.98 Å². The molecule has 0 aliphatic rings. The fraction of sp³-hybridized carbons (Fsp3) is 0.0952. The molecule has 3 aromatic rings.